The van der Waals surface area contributed by atoms with Crippen LogP contribution in [0, 0.1) is 5.92 Å². The van der Waals surface area contributed by atoms with E-state index in [0.717, 1.165) is 12.4 Å². The monoisotopic (exact) mass is 194 g/mol. The molecule has 0 saturated heterocycles. The van der Waals surface area contributed by atoms with Crippen molar-refractivity contribution in [3.63, 3.8) is 0 Å². The number of nitrogens with one attached hydrogen (secondary N) is 1. The van der Waals surface area contributed by atoms with E-state index in [1.807, 2.05) is 6.08 Å². The number of hydrogen-bond acceptors (Lipinski definition) is 1. The van der Waals surface area contributed by atoms with Crippen LogP contribution in [0.1, 0.15) is 13.8 Å². The number of amidine groups is 1. The Labute approximate surface area is 88.1 Å². The zero-order chi connectivity index (χ0) is 11.4. The van der Waals surface area contributed by atoms with Gasteiger partial charge in [0.1, 0.15) is 5.84 Å². The van der Waals surface area contributed by atoms with Gasteiger partial charge < -0.3 is 5.32 Å². The summed E-state index contributed by atoms with van der Waals surface area (Å²) in [4.78, 5) is 4.15. The van der Waals surface area contributed by atoms with Crippen LogP contribution < -0.4 is 5.32 Å². The minimum absolute atomic E-state index is 0.341. The molecule has 0 aliphatic carbocycles. The fraction of sp³-hybridized carbons (Fsp3) is 0.417. The molecule has 1 unspecified atom stereocenters. The summed E-state index contributed by atoms with van der Waals surface area (Å²) in [5.74, 6) is 1.36. The Kier molecular flexibility index (Phi) is 12.7. The van der Waals surface area contributed by atoms with Gasteiger partial charge in [0, 0.05) is 19.5 Å². The summed E-state index contributed by atoms with van der Waals surface area (Å²) in [5.41, 5.74) is 0. The second kappa shape index (κ2) is 11.7. The lowest BCUT2D eigenvalue weighted by Crippen LogP contribution is -2.28. The van der Waals surface area contributed by atoms with Crippen molar-refractivity contribution >= 4 is 5.84 Å². The molecule has 14 heavy (non-hydrogen) atoms. The van der Waals surface area contributed by atoms with Gasteiger partial charge in [-0.1, -0.05) is 31.7 Å². The summed E-state index contributed by atoms with van der Waals surface area (Å²) in [6.07, 6.45) is 5.78. The maximum atomic E-state index is 4.15. The SMILES string of the molecule is C=C.C=CC=CC(C)C(=NC)NCC. The van der Waals surface area contributed by atoms with E-state index in [2.05, 4.69) is 50.0 Å². The molecule has 0 aromatic heterocycles. The Morgan fingerprint density at radius 1 is 1.50 bits per heavy atom. The van der Waals surface area contributed by atoms with Gasteiger partial charge in [-0.3, -0.25) is 4.99 Å². The van der Waals surface area contributed by atoms with E-state index in [4.69, 9.17) is 0 Å². The van der Waals surface area contributed by atoms with E-state index in [1.54, 1.807) is 13.1 Å². The van der Waals surface area contributed by atoms with Gasteiger partial charge in [-0.2, -0.15) is 0 Å². The molecule has 0 aromatic rings. The molecule has 0 spiro atoms. The number of allylic oxidation sites excluding steroid dienone is 2. The first kappa shape index (κ1) is 15.2. The summed E-state index contributed by atoms with van der Waals surface area (Å²) >= 11 is 0. The Balaban J connectivity index is 0. The number of nitrogens with zero attached hydrogens (tertiary/aromatic N) is 1. The van der Waals surface area contributed by atoms with Gasteiger partial charge in [-0.15, -0.1) is 13.2 Å². The van der Waals surface area contributed by atoms with Crippen LogP contribution in [0.5, 0.6) is 0 Å². The first-order valence-electron chi connectivity index (χ1n) is 4.76. The maximum Gasteiger partial charge on any atom is 0.103 e. The lowest BCUT2D eigenvalue weighted by molar-refractivity contribution is 0.860. The molecule has 0 bridgehead atoms. The Morgan fingerprint density at radius 2 is 2.07 bits per heavy atom. The average molecular weight is 194 g/mol. The highest BCUT2D eigenvalue weighted by atomic mass is 15.0. The highest BCUT2D eigenvalue weighted by molar-refractivity contribution is 5.85. The van der Waals surface area contributed by atoms with Gasteiger partial charge >= 0.3 is 0 Å². The van der Waals surface area contributed by atoms with E-state index in [0.29, 0.717) is 5.92 Å². The molecule has 80 valence electrons. The molecule has 0 aliphatic heterocycles. The van der Waals surface area contributed by atoms with E-state index in [9.17, 15) is 0 Å². The maximum absolute atomic E-state index is 4.15. The molecule has 0 aliphatic rings. The summed E-state index contributed by atoms with van der Waals surface area (Å²) in [7, 11) is 1.80. The quantitative estimate of drug-likeness (QED) is 0.316. The molecule has 2 nitrogen and oxygen atoms in total. The van der Waals surface area contributed by atoms with Crippen LogP contribution in [0.3, 0.4) is 0 Å². The molecule has 2 heteroatoms. The van der Waals surface area contributed by atoms with Crippen molar-refractivity contribution in [3.05, 3.63) is 38.0 Å². The van der Waals surface area contributed by atoms with Crippen LogP contribution in [-0.4, -0.2) is 19.4 Å². The summed E-state index contributed by atoms with van der Waals surface area (Å²) in [6.45, 7) is 14.7. The predicted octanol–water partition coefficient (Wildman–Crippen LogP) is 2.80. The van der Waals surface area contributed by atoms with E-state index in [-0.39, 0.29) is 0 Å². The van der Waals surface area contributed by atoms with Crippen LogP contribution in [0.15, 0.2) is 43.0 Å². The van der Waals surface area contributed by atoms with Crippen molar-refractivity contribution < 1.29 is 0 Å². The van der Waals surface area contributed by atoms with Crippen molar-refractivity contribution in [1.82, 2.24) is 5.32 Å². The largest absolute Gasteiger partial charge is 0.374 e. The number of aliphatic imine (C=N–C) groups is 1. The molecule has 0 heterocycles. The van der Waals surface area contributed by atoms with Crippen LogP contribution in [-0.2, 0) is 0 Å². The van der Waals surface area contributed by atoms with Crippen LogP contribution in [0.2, 0.25) is 0 Å². The van der Waals surface area contributed by atoms with Gasteiger partial charge in [-0.25, -0.2) is 0 Å². The molecular formula is C12H22N2. The van der Waals surface area contributed by atoms with Gasteiger partial charge in [0.05, 0.1) is 0 Å². The third-order valence-electron chi connectivity index (χ3n) is 1.57. The first-order chi connectivity index (χ1) is 6.76. The minimum atomic E-state index is 0.341. The number of hydrogen-bond donors (Lipinski definition) is 1. The molecule has 0 aromatic carbocycles. The zero-order valence-corrected chi connectivity index (χ0v) is 9.59. The highest BCUT2D eigenvalue weighted by Crippen LogP contribution is 1.98. The smallest absolute Gasteiger partial charge is 0.103 e. The van der Waals surface area contributed by atoms with Gasteiger partial charge in [0.2, 0.25) is 0 Å². The van der Waals surface area contributed by atoms with E-state index >= 15 is 0 Å². The normalized spacial score (nSPS) is 12.9. The summed E-state index contributed by atoms with van der Waals surface area (Å²) < 4.78 is 0. The van der Waals surface area contributed by atoms with E-state index in [1.165, 1.54) is 0 Å². The van der Waals surface area contributed by atoms with Crippen LogP contribution in [0.25, 0.3) is 0 Å². The van der Waals surface area contributed by atoms with Crippen molar-refractivity contribution in [2.24, 2.45) is 10.9 Å². The molecule has 0 radical (unpaired) electrons. The third-order valence-corrected chi connectivity index (χ3v) is 1.57. The molecule has 1 atom stereocenters. The molecule has 0 amide bonds. The average Bonchev–Trinajstić information content (AvgIpc) is 2.25. The first-order valence-corrected chi connectivity index (χ1v) is 4.76. The highest BCUT2D eigenvalue weighted by Gasteiger charge is 2.02. The molecule has 0 saturated carbocycles. The fourth-order valence-corrected chi connectivity index (χ4v) is 0.961. The Bertz CT molecular complexity index is 192. The topological polar surface area (TPSA) is 24.4 Å². The molecule has 0 fully saturated rings. The van der Waals surface area contributed by atoms with Crippen LogP contribution in [0.4, 0.5) is 0 Å². The predicted molar refractivity (Wildman–Crippen MR) is 66.8 cm³/mol. The van der Waals surface area contributed by atoms with Gasteiger partial charge in [0.15, 0.2) is 0 Å². The van der Waals surface area contributed by atoms with Crippen molar-refractivity contribution in [2.75, 3.05) is 13.6 Å². The third kappa shape index (κ3) is 7.35. The lowest BCUT2D eigenvalue weighted by Gasteiger charge is -2.10. The Morgan fingerprint density at radius 3 is 2.43 bits per heavy atom. The second-order valence-electron chi connectivity index (χ2n) is 2.55. The second-order valence-corrected chi connectivity index (χ2v) is 2.55. The Hall–Kier alpha value is -1.31. The fourth-order valence-electron chi connectivity index (χ4n) is 0.961. The molecule has 1 N–H and O–H groups in total. The minimum Gasteiger partial charge on any atom is -0.374 e. The zero-order valence-electron chi connectivity index (χ0n) is 9.59. The van der Waals surface area contributed by atoms with Crippen molar-refractivity contribution in [3.8, 4) is 0 Å². The van der Waals surface area contributed by atoms with Crippen molar-refractivity contribution in [1.29, 1.82) is 0 Å². The molecular weight excluding hydrogens is 172 g/mol. The van der Waals surface area contributed by atoms with Crippen LogP contribution >= 0.6 is 0 Å². The van der Waals surface area contributed by atoms with Crippen molar-refractivity contribution in [2.45, 2.75) is 13.8 Å². The molecule has 0 rings (SSSR count). The van der Waals surface area contributed by atoms with Gasteiger partial charge in [0.25, 0.3) is 0 Å². The number of rotatable bonds is 4. The van der Waals surface area contributed by atoms with E-state index < -0.39 is 0 Å². The lowest BCUT2D eigenvalue weighted by atomic mass is 10.1. The van der Waals surface area contributed by atoms with Gasteiger partial charge in [-0.05, 0) is 6.92 Å². The standard InChI is InChI=1S/C10H18N2.C2H4/c1-5-7-8-9(3)10(11-4)12-6-2;1-2/h5,7-9H,1,6H2,2-4H3,(H,11,12);1-2H2. The summed E-state index contributed by atoms with van der Waals surface area (Å²) in [5, 5.41) is 3.21. The summed E-state index contributed by atoms with van der Waals surface area (Å²) in [6, 6.07) is 0.